The number of amides is 4. The summed E-state index contributed by atoms with van der Waals surface area (Å²) in [4.78, 5) is 39.0. The molecule has 0 radical (unpaired) electrons. The average molecular weight is 355 g/mol. The molecule has 6 heteroatoms. The molecule has 2 aliphatic carbocycles. The number of carbonyl (C=O) groups excluding carboxylic acids is 3. The summed E-state index contributed by atoms with van der Waals surface area (Å²) in [6.45, 7) is -0.203. The summed E-state index contributed by atoms with van der Waals surface area (Å²) in [7, 11) is 0. The maximum Gasteiger partial charge on any atom is 0.325 e. The van der Waals surface area contributed by atoms with Gasteiger partial charge in [0.15, 0.2) is 0 Å². The van der Waals surface area contributed by atoms with Crippen molar-refractivity contribution in [2.75, 3.05) is 6.54 Å². The number of rotatable bonds is 3. The van der Waals surface area contributed by atoms with Gasteiger partial charge in [0.1, 0.15) is 12.1 Å². The van der Waals surface area contributed by atoms with Crippen molar-refractivity contribution in [1.29, 1.82) is 0 Å². The van der Waals surface area contributed by atoms with E-state index in [0.717, 1.165) is 48.1 Å². The van der Waals surface area contributed by atoms with Crippen molar-refractivity contribution < 1.29 is 14.4 Å². The first-order valence-corrected chi connectivity index (χ1v) is 9.62. The van der Waals surface area contributed by atoms with E-state index in [1.54, 1.807) is 0 Å². The van der Waals surface area contributed by atoms with Crippen LogP contribution >= 0.6 is 0 Å². The number of hydrogen-bond acceptors (Lipinski definition) is 3. The third-order valence-corrected chi connectivity index (χ3v) is 5.94. The Morgan fingerprint density at radius 3 is 2.65 bits per heavy atom. The molecule has 1 spiro atoms. The predicted molar refractivity (Wildman–Crippen MR) is 96.3 cm³/mol. The summed E-state index contributed by atoms with van der Waals surface area (Å²) in [6.07, 6.45) is 7.92. The Bertz CT molecular complexity index is 740. The van der Waals surface area contributed by atoms with Crippen LogP contribution in [0, 0.1) is 0 Å². The summed E-state index contributed by atoms with van der Waals surface area (Å²) in [5, 5.41) is 5.87. The summed E-state index contributed by atoms with van der Waals surface area (Å²) in [5.74, 6) is -0.549. The molecule has 1 atom stereocenters. The molecule has 1 saturated carbocycles. The number of benzene rings is 1. The SMILES string of the molecule is O=C(CN1C(=O)N[C@@]2(CCc3ccccc32)C1=O)NC1CCCCCC1. The van der Waals surface area contributed by atoms with E-state index in [4.69, 9.17) is 0 Å². The second kappa shape index (κ2) is 6.74. The van der Waals surface area contributed by atoms with Crippen LogP contribution in [0.25, 0.3) is 0 Å². The molecule has 1 aromatic rings. The summed E-state index contributed by atoms with van der Waals surface area (Å²) >= 11 is 0. The first kappa shape index (κ1) is 17.1. The third kappa shape index (κ3) is 2.87. The first-order valence-electron chi connectivity index (χ1n) is 9.62. The van der Waals surface area contributed by atoms with Crippen molar-refractivity contribution in [3.63, 3.8) is 0 Å². The Morgan fingerprint density at radius 2 is 1.88 bits per heavy atom. The van der Waals surface area contributed by atoms with Crippen LogP contribution in [-0.4, -0.2) is 35.3 Å². The Morgan fingerprint density at radius 1 is 1.15 bits per heavy atom. The van der Waals surface area contributed by atoms with Crippen LogP contribution in [0.1, 0.15) is 56.1 Å². The lowest BCUT2D eigenvalue weighted by Crippen LogP contribution is -2.45. The predicted octanol–water partition coefficient (Wildman–Crippen LogP) is 2.22. The maximum atomic E-state index is 13.0. The fraction of sp³-hybridized carbons (Fsp3) is 0.550. The van der Waals surface area contributed by atoms with Gasteiger partial charge < -0.3 is 10.6 Å². The standard InChI is InChI=1S/C20H25N3O3/c24-17(21-15-8-3-1-2-4-9-15)13-23-18(25)20(22-19(23)26)12-11-14-7-5-6-10-16(14)20/h5-7,10,15H,1-4,8-9,11-13H2,(H,21,24)(H,22,26)/t20-/m1/s1. The monoisotopic (exact) mass is 355 g/mol. The van der Waals surface area contributed by atoms with Gasteiger partial charge in [0.05, 0.1) is 0 Å². The number of aryl methyl sites for hydroxylation is 1. The lowest BCUT2D eigenvalue weighted by atomic mass is 9.92. The van der Waals surface area contributed by atoms with E-state index in [-0.39, 0.29) is 24.4 Å². The normalized spacial score (nSPS) is 25.9. The molecule has 6 nitrogen and oxygen atoms in total. The van der Waals surface area contributed by atoms with E-state index in [1.165, 1.54) is 12.8 Å². The van der Waals surface area contributed by atoms with Crippen molar-refractivity contribution in [3.05, 3.63) is 35.4 Å². The van der Waals surface area contributed by atoms with Crippen LogP contribution in [0.4, 0.5) is 4.79 Å². The first-order chi connectivity index (χ1) is 12.6. The summed E-state index contributed by atoms with van der Waals surface area (Å²) < 4.78 is 0. The van der Waals surface area contributed by atoms with E-state index in [9.17, 15) is 14.4 Å². The number of nitrogens with zero attached hydrogens (tertiary/aromatic N) is 1. The molecule has 0 unspecified atom stereocenters. The molecule has 1 heterocycles. The fourth-order valence-corrected chi connectivity index (χ4v) is 4.57. The molecule has 1 aliphatic heterocycles. The number of urea groups is 1. The fourth-order valence-electron chi connectivity index (χ4n) is 4.57. The van der Waals surface area contributed by atoms with E-state index in [1.807, 2.05) is 24.3 Å². The lowest BCUT2D eigenvalue weighted by molar-refractivity contribution is -0.135. The molecule has 0 bridgehead atoms. The van der Waals surface area contributed by atoms with Crippen LogP contribution in [0.3, 0.4) is 0 Å². The van der Waals surface area contributed by atoms with Gasteiger partial charge in [0.2, 0.25) is 5.91 Å². The quantitative estimate of drug-likeness (QED) is 0.645. The smallest absolute Gasteiger partial charge is 0.325 e. The summed E-state index contributed by atoms with van der Waals surface area (Å²) in [6, 6.07) is 7.40. The van der Waals surface area contributed by atoms with Crippen molar-refractivity contribution in [1.82, 2.24) is 15.5 Å². The van der Waals surface area contributed by atoms with Gasteiger partial charge in [-0.1, -0.05) is 49.9 Å². The van der Waals surface area contributed by atoms with Crippen LogP contribution in [-0.2, 0) is 21.5 Å². The molecule has 2 N–H and O–H groups in total. The molecular formula is C20H25N3O3. The van der Waals surface area contributed by atoms with Gasteiger partial charge in [-0.25, -0.2) is 4.79 Å². The molecule has 26 heavy (non-hydrogen) atoms. The zero-order chi connectivity index (χ0) is 18.1. The van der Waals surface area contributed by atoms with Crippen LogP contribution in [0.5, 0.6) is 0 Å². The second-order valence-electron chi connectivity index (χ2n) is 7.64. The number of carbonyl (C=O) groups is 3. The Kier molecular flexibility index (Phi) is 4.42. The van der Waals surface area contributed by atoms with Gasteiger partial charge in [-0.05, 0) is 36.8 Å². The van der Waals surface area contributed by atoms with Crippen molar-refractivity contribution in [2.45, 2.75) is 62.9 Å². The lowest BCUT2D eigenvalue weighted by Gasteiger charge is -2.22. The topological polar surface area (TPSA) is 78.5 Å². The average Bonchev–Trinajstić information content (AvgIpc) is 2.96. The van der Waals surface area contributed by atoms with Crippen molar-refractivity contribution in [3.8, 4) is 0 Å². The molecule has 0 aromatic heterocycles. The van der Waals surface area contributed by atoms with Crippen LogP contribution in [0.2, 0.25) is 0 Å². The second-order valence-corrected chi connectivity index (χ2v) is 7.64. The third-order valence-electron chi connectivity index (χ3n) is 5.94. The number of imide groups is 1. The molecule has 138 valence electrons. The van der Waals surface area contributed by atoms with E-state index >= 15 is 0 Å². The van der Waals surface area contributed by atoms with Gasteiger partial charge in [-0.3, -0.25) is 14.5 Å². The number of hydrogen-bond donors (Lipinski definition) is 2. The summed E-state index contributed by atoms with van der Waals surface area (Å²) in [5.41, 5.74) is 0.965. The molecule has 4 amide bonds. The Labute approximate surface area is 153 Å². The highest BCUT2D eigenvalue weighted by atomic mass is 16.2. The largest absolute Gasteiger partial charge is 0.352 e. The number of fused-ring (bicyclic) bond motifs is 2. The molecule has 4 rings (SSSR count). The van der Waals surface area contributed by atoms with Crippen molar-refractivity contribution in [2.24, 2.45) is 0 Å². The number of nitrogens with one attached hydrogen (secondary N) is 2. The molecule has 3 aliphatic rings. The van der Waals surface area contributed by atoms with Gasteiger partial charge in [-0.15, -0.1) is 0 Å². The van der Waals surface area contributed by atoms with Gasteiger partial charge in [-0.2, -0.15) is 0 Å². The Hall–Kier alpha value is -2.37. The van der Waals surface area contributed by atoms with E-state index in [2.05, 4.69) is 10.6 Å². The van der Waals surface area contributed by atoms with Gasteiger partial charge in [0.25, 0.3) is 5.91 Å². The van der Waals surface area contributed by atoms with E-state index in [0.29, 0.717) is 6.42 Å². The minimum Gasteiger partial charge on any atom is -0.352 e. The zero-order valence-corrected chi connectivity index (χ0v) is 14.9. The molecule has 2 fully saturated rings. The van der Waals surface area contributed by atoms with Gasteiger partial charge >= 0.3 is 6.03 Å². The molecule has 1 saturated heterocycles. The minimum atomic E-state index is -0.990. The van der Waals surface area contributed by atoms with Crippen LogP contribution < -0.4 is 10.6 Å². The van der Waals surface area contributed by atoms with Crippen LogP contribution in [0.15, 0.2) is 24.3 Å². The Balaban J connectivity index is 1.46. The van der Waals surface area contributed by atoms with Gasteiger partial charge in [0, 0.05) is 6.04 Å². The molecule has 1 aromatic carbocycles. The van der Waals surface area contributed by atoms with E-state index < -0.39 is 11.6 Å². The zero-order valence-electron chi connectivity index (χ0n) is 14.9. The highest BCUT2D eigenvalue weighted by Gasteiger charge is 2.55. The van der Waals surface area contributed by atoms with Crippen molar-refractivity contribution >= 4 is 17.8 Å². The minimum absolute atomic E-state index is 0.159. The molecular weight excluding hydrogens is 330 g/mol. The maximum absolute atomic E-state index is 13.0. The highest BCUT2D eigenvalue weighted by Crippen LogP contribution is 2.41. The highest BCUT2D eigenvalue weighted by molar-refractivity contribution is 6.09.